The van der Waals surface area contributed by atoms with E-state index in [2.05, 4.69) is 14.9 Å². The summed E-state index contributed by atoms with van der Waals surface area (Å²) >= 11 is 0. The van der Waals surface area contributed by atoms with E-state index in [0.29, 0.717) is 24.6 Å². The van der Waals surface area contributed by atoms with Crippen molar-refractivity contribution >= 4 is 27.5 Å². The summed E-state index contributed by atoms with van der Waals surface area (Å²) in [6, 6.07) is 8.37. The summed E-state index contributed by atoms with van der Waals surface area (Å²) in [5.74, 6) is 0.347. The number of hydrogen-bond acceptors (Lipinski definition) is 6. The average molecular weight is 402 g/mol. The van der Waals surface area contributed by atoms with Crippen molar-refractivity contribution in [2.75, 3.05) is 18.4 Å². The van der Waals surface area contributed by atoms with Gasteiger partial charge in [0.05, 0.1) is 11.4 Å². The van der Waals surface area contributed by atoms with Gasteiger partial charge in [-0.1, -0.05) is 31.1 Å². The van der Waals surface area contributed by atoms with Crippen LogP contribution in [0.2, 0.25) is 0 Å². The standard InChI is InChI=1S/C19H22N4O4S/c1-12(2)15-10-16(27-21-15)19(24)23-9-5-6-13(11-23)18-20-14-7-3-4-8-17(14)28(25,26)22-18/h3-4,7-8,10,12-13H,5-6,9,11H2,1-2H3,(H,20,22). The summed E-state index contributed by atoms with van der Waals surface area (Å²) in [5, 5.41) is 7.08. The second kappa shape index (κ2) is 7.05. The maximum Gasteiger partial charge on any atom is 0.292 e. The monoisotopic (exact) mass is 402 g/mol. The molecular weight excluding hydrogens is 380 g/mol. The molecule has 2 aromatic rings. The number of hydrogen-bond donors (Lipinski definition) is 1. The van der Waals surface area contributed by atoms with Gasteiger partial charge < -0.3 is 14.7 Å². The molecule has 1 amide bonds. The highest BCUT2D eigenvalue weighted by atomic mass is 32.2. The predicted molar refractivity (Wildman–Crippen MR) is 104 cm³/mol. The van der Waals surface area contributed by atoms with Crippen molar-refractivity contribution in [1.82, 2.24) is 10.1 Å². The molecule has 0 spiro atoms. The number of para-hydroxylation sites is 1. The Labute approximate surface area is 163 Å². The van der Waals surface area contributed by atoms with Crippen LogP contribution in [0.15, 0.2) is 44.1 Å². The second-order valence-electron chi connectivity index (χ2n) is 7.43. The minimum absolute atomic E-state index is 0.172. The van der Waals surface area contributed by atoms with Crippen LogP contribution in [0, 0.1) is 5.92 Å². The summed E-state index contributed by atoms with van der Waals surface area (Å²) in [6.45, 7) is 4.92. The summed E-state index contributed by atoms with van der Waals surface area (Å²) in [5.41, 5.74) is 1.26. The van der Waals surface area contributed by atoms with E-state index in [1.807, 2.05) is 13.8 Å². The number of carbonyl (C=O) groups excluding carboxylic acids is 1. The van der Waals surface area contributed by atoms with Crippen LogP contribution >= 0.6 is 0 Å². The molecule has 3 heterocycles. The predicted octanol–water partition coefficient (Wildman–Crippen LogP) is 2.86. The van der Waals surface area contributed by atoms with Crippen molar-refractivity contribution in [2.45, 2.75) is 37.5 Å². The number of nitrogens with zero attached hydrogens (tertiary/aromatic N) is 3. The summed E-state index contributed by atoms with van der Waals surface area (Å²) in [4.78, 5) is 14.7. The molecule has 28 heavy (non-hydrogen) atoms. The summed E-state index contributed by atoms with van der Waals surface area (Å²) in [7, 11) is -3.74. The number of carbonyl (C=O) groups is 1. The van der Waals surface area contributed by atoms with Crippen LogP contribution < -0.4 is 5.32 Å². The number of anilines is 1. The van der Waals surface area contributed by atoms with E-state index in [9.17, 15) is 13.2 Å². The zero-order chi connectivity index (χ0) is 19.9. The number of benzene rings is 1. The number of fused-ring (bicyclic) bond motifs is 1. The largest absolute Gasteiger partial charge is 0.351 e. The van der Waals surface area contributed by atoms with E-state index < -0.39 is 10.0 Å². The van der Waals surface area contributed by atoms with Gasteiger partial charge in [-0.05, 0) is 30.9 Å². The first-order chi connectivity index (χ1) is 13.3. The van der Waals surface area contributed by atoms with Gasteiger partial charge in [-0.15, -0.1) is 4.40 Å². The van der Waals surface area contributed by atoms with E-state index in [4.69, 9.17) is 4.52 Å². The quantitative estimate of drug-likeness (QED) is 0.846. The first-order valence-corrected chi connectivity index (χ1v) is 10.8. The van der Waals surface area contributed by atoms with Gasteiger partial charge in [0.2, 0.25) is 5.76 Å². The Bertz CT molecular complexity index is 1040. The first kappa shape index (κ1) is 18.7. The van der Waals surface area contributed by atoms with E-state index in [1.165, 1.54) is 6.07 Å². The Hall–Kier alpha value is -2.68. The number of piperidine rings is 1. The molecule has 1 aromatic heterocycles. The van der Waals surface area contributed by atoms with Gasteiger partial charge in [0.25, 0.3) is 15.9 Å². The average Bonchev–Trinajstić information content (AvgIpc) is 3.17. The molecule has 0 saturated carbocycles. The molecule has 0 radical (unpaired) electrons. The van der Waals surface area contributed by atoms with E-state index in [0.717, 1.165) is 18.5 Å². The van der Waals surface area contributed by atoms with Gasteiger partial charge in [-0.2, -0.15) is 8.42 Å². The molecule has 4 rings (SSSR count). The highest BCUT2D eigenvalue weighted by molar-refractivity contribution is 7.90. The maximum atomic E-state index is 12.8. The van der Waals surface area contributed by atoms with E-state index in [-0.39, 0.29) is 28.4 Å². The molecule has 2 aliphatic rings. The number of likely N-dealkylation sites (tertiary alicyclic amines) is 1. The van der Waals surface area contributed by atoms with E-state index >= 15 is 0 Å². The van der Waals surface area contributed by atoms with Gasteiger partial charge >= 0.3 is 0 Å². The number of rotatable bonds is 3. The second-order valence-corrected chi connectivity index (χ2v) is 9.01. The topological polar surface area (TPSA) is 105 Å². The molecule has 9 heteroatoms. The Morgan fingerprint density at radius 2 is 2.11 bits per heavy atom. The molecule has 0 bridgehead atoms. The van der Waals surface area contributed by atoms with Crippen molar-refractivity contribution in [3.05, 3.63) is 41.8 Å². The lowest BCUT2D eigenvalue weighted by molar-refractivity contribution is 0.0661. The van der Waals surface area contributed by atoms with Crippen LogP contribution in [0.1, 0.15) is 48.9 Å². The van der Waals surface area contributed by atoms with Crippen molar-refractivity contribution in [3.63, 3.8) is 0 Å². The van der Waals surface area contributed by atoms with Crippen molar-refractivity contribution in [2.24, 2.45) is 10.3 Å². The Balaban J connectivity index is 1.54. The third kappa shape index (κ3) is 3.42. The molecule has 1 saturated heterocycles. The Morgan fingerprint density at radius 3 is 2.86 bits per heavy atom. The van der Waals surface area contributed by atoms with Crippen LogP contribution in [-0.4, -0.2) is 43.3 Å². The van der Waals surface area contributed by atoms with Gasteiger partial charge in [-0.25, -0.2) is 0 Å². The van der Waals surface area contributed by atoms with Gasteiger partial charge in [-0.3, -0.25) is 4.79 Å². The smallest absolute Gasteiger partial charge is 0.292 e. The molecular formula is C19H22N4O4S. The normalized spacial score (nSPS) is 21.0. The summed E-state index contributed by atoms with van der Waals surface area (Å²) < 4.78 is 34.2. The lowest BCUT2D eigenvalue weighted by Crippen LogP contribution is -2.44. The fourth-order valence-corrected chi connectivity index (χ4v) is 4.71. The lowest BCUT2D eigenvalue weighted by atomic mass is 9.96. The molecule has 1 aromatic carbocycles. The minimum atomic E-state index is -3.74. The number of nitrogens with one attached hydrogen (secondary N) is 1. The zero-order valence-corrected chi connectivity index (χ0v) is 16.6. The number of amides is 1. The van der Waals surface area contributed by atoms with Crippen molar-refractivity contribution < 1.29 is 17.7 Å². The highest BCUT2D eigenvalue weighted by Crippen LogP contribution is 2.30. The third-order valence-electron chi connectivity index (χ3n) is 5.07. The molecule has 2 aliphatic heterocycles. The fourth-order valence-electron chi connectivity index (χ4n) is 3.51. The van der Waals surface area contributed by atoms with Crippen LogP contribution in [0.3, 0.4) is 0 Å². The molecule has 0 aliphatic carbocycles. The molecule has 1 N–H and O–H groups in total. The fraction of sp³-hybridized carbons (Fsp3) is 0.421. The van der Waals surface area contributed by atoms with Crippen LogP contribution in [0.25, 0.3) is 0 Å². The SMILES string of the molecule is CC(C)c1cc(C(=O)N2CCCC(C3=NS(=O)(=O)c4ccccc4N3)C2)on1. The Morgan fingerprint density at radius 1 is 1.32 bits per heavy atom. The van der Waals surface area contributed by atoms with Crippen LogP contribution in [-0.2, 0) is 10.0 Å². The number of aromatic nitrogens is 1. The van der Waals surface area contributed by atoms with Crippen molar-refractivity contribution in [1.29, 1.82) is 0 Å². The molecule has 148 valence electrons. The number of amidine groups is 1. The van der Waals surface area contributed by atoms with E-state index in [1.54, 1.807) is 29.2 Å². The number of sulfonamides is 1. The summed E-state index contributed by atoms with van der Waals surface area (Å²) in [6.07, 6.45) is 1.50. The van der Waals surface area contributed by atoms with Crippen LogP contribution in [0.4, 0.5) is 5.69 Å². The third-order valence-corrected chi connectivity index (χ3v) is 6.42. The molecule has 1 atom stereocenters. The van der Waals surface area contributed by atoms with Crippen LogP contribution in [0.5, 0.6) is 0 Å². The first-order valence-electron chi connectivity index (χ1n) is 9.32. The highest BCUT2D eigenvalue weighted by Gasteiger charge is 2.33. The minimum Gasteiger partial charge on any atom is -0.351 e. The van der Waals surface area contributed by atoms with Crippen molar-refractivity contribution in [3.8, 4) is 0 Å². The molecule has 1 unspecified atom stereocenters. The lowest BCUT2D eigenvalue weighted by Gasteiger charge is -2.34. The van der Waals surface area contributed by atoms with Gasteiger partial charge in [0.15, 0.2) is 0 Å². The maximum absolute atomic E-state index is 12.8. The van der Waals surface area contributed by atoms with Gasteiger partial charge in [0.1, 0.15) is 10.7 Å². The Kier molecular flexibility index (Phi) is 4.70. The van der Waals surface area contributed by atoms with Gasteiger partial charge in [0, 0.05) is 25.1 Å². The molecule has 8 nitrogen and oxygen atoms in total. The zero-order valence-electron chi connectivity index (χ0n) is 15.8. The molecule has 1 fully saturated rings.